The Morgan fingerprint density at radius 1 is 1.26 bits per heavy atom. The van der Waals surface area contributed by atoms with Gasteiger partial charge in [-0.1, -0.05) is 12.2 Å². The lowest BCUT2D eigenvalue weighted by atomic mass is 9.67. The van der Waals surface area contributed by atoms with Gasteiger partial charge in [-0.25, -0.2) is 0 Å². The van der Waals surface area contributed by atoms with Gasteiger partial charge in [0.25, 0.3) is 0 Å². The highest BCUT2D eigenvalue weighted by Gasteiger charge is 2.45. The lowest BCUT2D eigenvalue weighted by molar-refractivity contribution is -0.0134. The van der Waals surface area contributed by atoms with Gasteiger partial charge in [-0.05, 0) is 37.8 Å². The van der Waals surface area contributed by atoms with E-state index in [9.17, 15) is 5.26 Å². The number of ether oxygens (including phenoxy) is 1. The topological polar surface area (TPSA) is 71.9 Å². The molecule has 1 aromatic heterocycles. The molecule has 1 fully saturated rings. The van der Waals surface area contributed by atoms with Crippen molar-refractivity contribution in [2.75, 3.05) is 12.3 Å². The first-order valence-corrected chi connectivity index (χ1v) is 6.63. The van der Waals surface area contributed by atoms with Gasteiger partial charge in [-0.2, -0.15) is 5.26 Å². The van der Waals surface area contributed by atoms with E-state index in [1.807, 2.05) is 12.1 Å². The Morgan fingerprint density at radius 2 is 2.05 bits per heavy atom. The van der Waals surface area contributed by atoms with Crippen LogP contribution in [0.25, 0.3) is 0 Å². The highest BCUT2D eigenvalue weighted by atomic mass is 16.5. The molecule has 3 rings (SSSR count). The molecule has 0 radical (unpaired) electrons. The summed E-state index contributed by atoms with van der Waals surface area (Å²) < 4.78 is 5.81. The SMILES string of the molecule is N#CC1(c2ccc(N)cn2)CCC2(C=CCO2)CC1. The second-order valence-electron chi connectivity index (χ2n) is 5.45. The Hall–Kier alpha value is -1.86. The average molecular weight is 255 g/mol. The second-order valence-corrected chi connectivity index (χ2v) is 5.45. The second kappa shape index (κ2) is 4.36. The number of nitrogen functional groups attached to an aromatic ring is 1. The van der Waals surface area contributed by atoms with Crippen LogP contribution in [0, 0.1) is 11.3 Å². The van der Waals surface area contributed by atoms with Gasteiger partial charge in [0.2, 0.25) is 0 Å². The van der Waals surface area contributed by atoms with E-state index in [1.165, 1.54) is 0 Å². The Kier molecular flexibility index (Phi) is 2.79. The van der Waals surface area contributed by atoms with Crippen molar-refractivity contribution in [2.45, 2.75) is 36.7 Å². The molecule has 1 aromatic rings. The van der Waals surface area contributed by atoms with Crippen molar-refractivity contribution in [2.24, 2.45) is 0 Å². The van der Waals surface area contributed by atoms with Crippen molar-refractivity contribution in [3.05, 3.63) is 36.2 Å². The average Bonchev–Trinajstić information content (AvgIpc) is 2.90. The molecule has 4 nitrogen and oxygen atoms in total. The molecule has 1 spiro atoms. The Bertz CT molecular complexity index is 534. The van der Waals surface area contributed by atoms with Gasteiger partial charge in [0.1, 0.15) is 0 Å². The molecule has 0 unspecified atom stereocenters. The Labute approximate surface area is 112 Å². The first-order valence-electron chi connectivity index (χ1n) is 6.63. The van der Waals surface area contributed by atoms with Gasteiger partial charge in [0.15, 0.2) is 0 Å². The molecular formula is C15H17N3O. The van der Waals surface area contributed by atoms with Gasteiger partial charge >= 0.3 is 0 Å². The molecule has 0 amide bonds. The minimum absolute atomic E-state index is 0.131. The van der Waals surface area contributed by atoms with Crippen LogP contribution in [0.5, 0.6) is 0 Å². The van der Waals surface area contributed by atoms with E-state index in [4.69, 9.17) is 10.5 Å². The van der Waals surface area contributed by atoms with Crippen LogP contribution in [-0.4, -0.2) is 17.2 Å². The predicted molar refractivity (Wildman–Crippen MR) is 72.2 cm³/mol. The number of nitriles is 1. The summed E-state index contributed by atoms with van der Waals surface area (Å²) in [5.74, 6) is 0. The van der Waals surface area contributed by atoms with E-state index in [0.29, 0.717) is 12.3 Å². The molecule has 2 heterocycles. The molecule has 0 saturated heterocycles. The van der Waals surface area contributed by atoms with Crippen molar-refractivity contribution >= 4 is 5.69 Å². The van der Waals surface area contributed by atoms with Crippen LogP contribution in [0.4, 0.5) is 5.69 Å². The summed E-state index contributed by atoms with van der Waals surface area (Å²) in [4.78, 5) is 4.35. The minimum Gasteiger partial charge on any atom is -0.397 e. The van der Waals surface area contributed by atoms with Gasteiger partial charge < -0.3 is 10.5 Å². The summed E-state index contributed by atoms with van der Waals surface area (Å²) >= 11 is 0. The van der Waals surface area contributed by atoms with Crippen molar-refractivity contribution in [3.8, 4) is 6.07 Å². The number of aromatic nitrogens is 1. The van der Waals surface area contributed by atoms with Gasteiger partial charge in [-0.15, -0.1) is 0 Å². The smallest absolute Gasteiger partial charge is 0.0995 e. The van der Waals surface area contributed by atoms with Crippen LogP contribution >= 0.6 is 0 Å². The van der Waals surface area contributed by atoms with Crippen LogP contribution in [0.1, 0.15) is 31.4 Å². The standard InChI is InChI=1S/C15H17N3O/c16-11-14(13-3-2-12(17)10-18-13)5-7-15(8-6-14)4-1-9-19-15/h1-4,10H,5-9,17H2. The third kappa shape index (κ3) is 2.00. The maximum atomic E-state index is 9.62. The molecule has 19 heavy (non-hydrogen) atoms. The third-order valence-corrected chi connectivity index (χ3v) is 4.33. The van der Waals surface area contributed by atoms with Gasteiger partial charge in [0, 0.05) is 0 Å². The molecule has 1 aliphatic carbocycles. The first kappa shape index (κ1) is 12.2. The summed E-state index contributed by atoms with van der Waals surface area (Å²) in [6.07, 6.45) is 9.18. The fourth-order valence-electron chi connectivity index (χ4n) is 3.05. The number of hydrogen-bond acceptors (Lipinski definition) is 4. The highest BCUT2D eigenvalue weighted by molar-refractivity contribution is 5.38. The lowest BCUT2D eigenvalue weighted by Crippen LogP contribution is -2.40. The molecule has 4 heteroatoms. The molecular weight excluding hydrogens is 238 g/mol. The van der Waals surface area contributed by atoms with E-state index in [2.05, 4.69) is 23.2 Å². The maximum absolute atomic E-state index is 9.62. The van der Waals surface area contributed by atoms with Crippen LogP contribution < -0.4 is 5.73 Å². The molecule has 2 aliphatic rings. The molecule has 1 saturated carbocycles. The normalized spacial score (nSPS) is 33.4. The van der Waals surface area contributed by atoms with Gasteiger partial charge in [-0.3, -0.25) is 4.98 Å². The number of nitrogens with two attached hydrogens (primary N) is 1. The Morgan fingerprint density at radius 3 is 2.58 bits per heavy atom. The minimum atomic E-state index is -0.487. The summed E-state index contributed by atoms with van der Waals surface area (Å²) in [6, 6.07) is 6.17. The summed E-state index contributed by atoms with van der Waals surface area (Å²) in [5.41, 5.74) is 6.51. The number of pyridine rings is 1. The van der Waals surface area contributed by atoms with Crippen LogP contribution in [-0.2, 0) is 10.2 Å². The van der Waals surface area contributed by atoms with Crippen LogP contribution in [0.15, 0.2) is 30.5 Å². The van der Waals surface area contributed by atoms with Crippen molar-refractivity contribution in [1.29, 1.82) is 5.26 Å². The third-order valence-electron chi connectivity index (χ3n) is 4.33. The predicted octanol–water partition coefficient (Wildman–Crippen LogP) is 2.32. The molecule has 0 atom stereocenters. The molecule has 2 N–H and O–H groups in total. The zero-order chi connectivity index (χ0) is 13.3. The highest BCUT2D eigenvalue weighted by Crippen LogP contribution is 2.45. The number of anilines is 1. The van der Waals surface area contributed by atoms with Crippen molar-refractivity contribution in [1.82, 2.24) is 4.98 Å². The molecule has 0 bridgehead atoms. The van der Waals surface area contributed by atoms with Crippen LogP contribution in [0.3, 0.4) is 0 Å². The fraction of sp³-hybridized carbons (Fsp3) is 0.467. The van der Waals surface area contributed by atoms with Crippen LogP contribution in [0.2, 0.25) is 0 Å². The Balaban J connectivity index is 1.85. The summed E-state index contributed by atoms with van der Waals surface area (Å²) in [6.45, 7) is 0.694. The zero-order valence-corrected chi connectivity index (χ0v) is 10.8. The van der Waals surface area contributed by atoms with E-state index < -0.39 is 5.41 Å². The van der Waals surface area contributed by atoms with E-state index >= 15 is 0 Å². The quantitative estimate of drug-likeness (QED) is 0.782. The zero-order valence-electron chi connectivity index (χ0n) is 10.8. The largest absolute Gasteiger partial charge is 0.397 e. The monoisotopic (exact) mass is 255 g/mol. The van der Waals surface area contributed by atoms with Crippen molar-refractivity contribution in [3.63, 3.8) is 0 Å². The lowest BCUT2D eigenvalue weighted by Gasteiger charge is -2.39. The van der Waals surface area contributed by atoms with Crippen molar-refractivity contribution < 1.29 is 4.74 Å². The number of hydrogen-bond donors (Lipinski definition) is 1. The number of nitrogens with zero attached hydrogens (tertiary/aromatic N) is 2. The van der Waals surface area contributed by atoms with E-state index in [0.717, 1.165) is 31.4 Å². The fourth-order valence-corrected chi connectivity index (χ4v) is 3.05. The summed E-state index contributed by atoms with van der Waals surface area (Å²) in [7, 11) is 0. The maximum Gasteiger partial charge on any atom is 0.0995 e. The first-order chi connectivity index (χ1) is 9.18. The molecule has 1 aliphatic heterocycles. The van der Waals surface area contributed by atoms with Gasteiger partial charge in [0.05, 0.1) is 41.3 Å². The van der Waals surface area contributed by atoms with E-state index in [-0.39, 0.29) is 5.60 Å². The molecule has 0 aromatic carbocycles. The summed E-state index contributed by atoms with van der Waals surface area (Å²) in [5, 5.41) is 9.62. The van der Waals surface area contributed by atoms with E-state index in [1.54, 1.807) is 6.20 Å². The molecule has 98 valence electrons. The number of rotatable bonds is 1.